The first-order chi connectivity index (χ1) is 14.2. The van der Waals surface area contributed by atoms with Crippen molar-refractivity contribution in [3.05, 3.63) is 121 Å². The van der Waals surface area contributed by atoms with E-state index in [1.54, 1.807) is 0 Å². The monoisotopic (exact) mass is 510 g/mol. The Morgan fingerprint density at radius 2 is 0.552 bits per heavy atom. The summed E-state index contributed by atoms with van der Waals surface area (Å²) in [6.07, 6.45) is 0. The SMILES string of the molecule is [O-][Br+2]([O-])[O-].c1ccc([As+](c2ccccc2)(c2ccccc2)c2ccccc2)cc1. The second kappa shape index (κ2) is 10.5. The molecule has 0 aliphatic heterocycles. The van der Waals surface area contributed by atoms with E-state index in [0.29, 0.717) is 0 Å². The van der Waals surface area contributed by atoms with E-state index in [1.165, 1.54) is 17.4 Å². The first-order valence-electron chi connectivity index (χ1n) is 9.00. The molecule has 4 aromatic carbocycles. The van der Waals surface area contributed by atoms with Crippen LogP contribution >= 0.6 is 0 Å². The predicted octanol–water partition coefficient (Wildman–Crippen LogP) is -0.503. The van der Waals surface area contributed by atoms with Crippen molar-refractivity contribution in [2.75, 3.05) is 0 Å². The summed E-state index contributed by atoms with van der Waals surface area (Å²) in [6, 6.07) is 44.2. The molecule has 4 rings (SSSR count). The fourth-order valence-electron chi connectivity index (χ4n) is 3.50. The van der Waals surface area contributed by atoms with Crippen molar-refractivity contribution in [3.63, 3.8) is 0 Å². The summed E-state index contributed by atoms with van der Waals surface area (Å²) in [4.78, 5) is 0. The molecule has 0 radical (unpaired) electrons. The van der Waals surface area contributed by atoms with Crippen molar-refractivity contribution in [1.29, 1.82) is 0 Å². The Labute approximate surface area is 179 Å². The Bertz CT molecular complexity index is 815. The molecule has 0 atom stereocenters. The van der Waals surface area contributed by atoms with Gasteiger partial charge in [-0.05, 0) is 0 Å². The third-order valence-corrected chi connectivity index (χ3v) is 13.6. The molecule has 0 heterocycles. The maximum absolute atomic E-state index is 8.52. The van der Waals surface area contributed by atoms with Crippen LogP contribution in [-0.2, 0) is 0 Å². The standard InChI is InChI=1S/C24H20As.BrO3/c1-5-13-21(14-6-1)25(22-15-7-2-8-16-22,23-17-9-3-10-18-23)24-19-11-4-12-20-24;2-1(3)4/h1-20H;/q+1;-1. The van der Waals surface area contributed by atoms with Crippen molar-refractivity contribution in [1.82, 2.24) is 0 Å². The van der Waals surface area contributed by atoms with Gasteiger partial charge in [0.25, 0.3) is 0 Å². The number of rotatable bonds is 4. The van der Waals surface area contributed by atoms with E-state index >= 15 is 0 Å². The van der Waals surface area contributed by atoms with Gasteiger partial charge in [-0.1, -0.05) is 0 Å². The van der Waals surface area contributed by atoms with Crippen molar-refractivity contribution in [3.8, 4) is 0 Å². The molecule has 0 amide bonds. The Balaban J connectivity index is 0.000000552. The van der Waals surface area contributed by atoms with E-state index in [-0.39, 0.29) is 0 Å². The Kier molecular flexibility index (Phi) is 7.82. The summed E-state index contributed by atoms with van der Waals surface area (Å²) in [5.74, 6) is 0. The molecule has 0 fully saturated rings. The molecule has 0 aromatic heterocycles. The molecule has 0 spiro atoms. The summed E-state index contributed by atoms with van der Waals surface area (Å²) in [6.45, 7) is 0. The third kappa shape index (κ3) is 5.05. The van der Waals surface area contributed by atoms with Crippen LogP contribution < -0.4 is 30.0 Å². The first-order valence-corrected chi connectivity index (χ1v) is 14.7. The van der Waals surface area contributed by atoms with E-state index in [9.17, 15) is 0 Å². The van der Waals surface area contributed by atoms with Crippen LogP contribution in [0.4, 0.5) is 0 Å². The number of hydrogen-bond acceptors (Lipinski definition) is 3. The van der Waals surface area contributed by atoms with Crippen LogP contribution in [0.1, 0.15) is 0 Å². The van der Waals surface area contributed by atoms with Gasteiger partial charge in [-0.2, -0.15) is 0 Å². The molecule has 3 nitrogen and oxygen atoms in total. The van der Waals surface area contributed by atoms with Gasteiger partial charge in [0.2, 0.25) is 14.8 Å². The zero-order valence-corrected chi connectivity index (χ0v) is 19.1. The van der Waals surface area contributed by atoms with Gasteiger partial charge in [-0.15, -0.1) is 0 Å². The molecular formula is C24H20AsBrO3. The summed E-state index contributed by atoms with van der Waals surface area (Å²) < 4.78 is 31.4. The average Bonchev–Trinajstić information content (AvgIpc) is 2.77. The van der Waals surface area contributed by atoms with Crippen molar-refractivity contribution in [2.24, 2.45) is 0 Å². The predicted molar refractivity (Wildman–Crippen MR) is 110 cm³/mol. The summed E-state index contributed by atoms with van der Waals surface area (Å²) in [5, 5.41) is 0. The van der Waals surface area contributed by atoms with Crippen LogP contribution in [0.5, 0.6) is 0 Å². The quantitative estimate of drug-likeness (QED) is 0.347. The second-order valence-electron chi connectivity index (χ2n) is 6.20. The van der Waals surface area contributed by atoms with Crippen LogP contribution in [-0.4, -0.2) is 13.6 Å². The topological polar surface area (TPSA) is 69.2 Å². The summed E-state index contributed by atoms with van der Waals surface area (Å²) in [5.41, 5.74) is 0. The number of halogens is 1. The van der Waals surface area contributed by atoms with Gasteiger partial charge in [0.05, 0.1) is 0 Å². The molecule has 0 aliphatic rings. The Morgan fingerprint density at radius 1 is 0.379 bits per heavy atom. The van der Waals surface area contributed by atoms with Crippen molar-refractivity contribution in [2.45, 2.75) is 0 Å². The van der Waals surface area contributed by atoms with Gasteiger partial charge in [-0.3, -0.25) is 0 Å². The van der Waals surface area contributed by atoms with Crippen LogP contribution in [0.15, 0.2) is 121 Å². The zero-order chi connectivity index (χ0) is 20.5. The van der Waals surface area contributed by atoms with Gasteiger partial charge < -0.3 is 12.6 Å². The number of hydrogen-bond donors (Lipinski definition) is 0. The fraction of sp³-hybridized carbons (Fsp3) is 0. The Hall–Kier alpha value is -2.20. The van der Waals surface area contributed by atoms with Crippen molar-refractivity contribution >= 4 is 31.0 Å². The van der Waals surface area contributed by atoms with Gasteiger partial charge in [0, 0.05) is 0 Å². The molecule has 0 unspecified atom stereocenters. The van der Waals surface area contributed by atoms with E-state index < -0.39 is 28.4 Å². The van der Waals surface area contributed by atoms with Gasteiger partial charge in [0.15, 0.2) is 0 Å². The third-order valence-electron chi connectivity index (χ3n) is 4.57. The minimum atomic E-state index is -3.65. The normalized spacial score (nSPS) is 10.9. The second-order valence-corrected chi connectivity index (χ2v) is 14.1. The molecule has 0 aliphatic carbocycles. The molecule has 4 aromatic rings. The maximum atomic E-state index is 8.52. The van der Waals surface area contributed by atoms with Gasteiger partial charge in [0.1, 0.15) is 0 Å². The van der Waals surface area contributed by atoms with Crippen LogP contribution in [0.25, 0.3) is 0 Å². The number of benzene rings is 4. The summed E-state index contributed by atoms with van der Waals surface area (Å²) >= 11 is -6.41. The minimum absolute atomic E-state index is 1.45. The van der Waals surface area contributed by atoms with Crippen LogP contribution in [0.2, 0.25) is 0 Å². The zero-order valence-electron chi connectivity index (χ0n) is 15.6. The van der Waals surface area contributed by atoms with Crippen LogP contribution in [0.3, 0.4) is 0 Å². The average molecular weight is 511 g/mol. The molecule has 0 saturated heterocycles. The molecule has 29 heavy (non-hydrogen) atoms. The summed E-state index contributed by atoms with van der Waals surface area (Å²) in [7, 11) is 0. The molecule has 0 saturated carbocycles. The van der Waals surface area contributed by atoms with Gasteiger partial charge >= 0.3 is 152 Å². The van der Waals surface area contributed by atoms with Crippen molar-refractivity contribution < 1.29 is 27.4 Å². The molecule has 0 N–H and O–H groups in total. The molecule has 146 valence electrons. The Morgan fingerprint density at radius 3 is 0.724 bits per heavy atom. The first kappa shape index (κ1) is 21.5. The van der Waals surface area contributed by atoms with E-state index in [1.807, 2.05) is 0 Å². The van der Waals surface area contributed by atoms with E-state index in [4.69, 9.17) is 12.6 Å². The fourth-order valence-corrected chi connectivity index (χ4v) is 12.5. The molecule has 5 heteroatoms. The van der Waals surface area contributed by atoms with E-state index in [2.05, 4.69) is 121 Å². The van der Waals surface area contributed by atoms with E-state index in [0.717, 1.165) is 0 Å². The molecule has 0 bridgehead atoms. The van der Waals surface area contributed by atoms with Gasteiger partial charge in [-0.25, -0.2) is 0 Å². The molecular weight excluding hydrogens is 491 g/mol. The van der Waals surface area contributed by atoms with Crippen LogP contribution in [0, 0.1) is 14.8 Å².